The molecule has 1 atom stereocenters. The van der Waals surface area contributed by atoms with Crippen molar-refractivity contribution < 1.29 is 9.53 Å². The van der Waals surface area contributed by atoms with Crippen LogP contribution in [0, 0.1) is 0 Å². The van der Waals surface area contributed by atoms with Gasteiger partial charge in [0, 0.05) is 24.6 Å². The third kappa shape index (κ3) is 2.91. The van der Waals surface area contributed by atoms with Crippen molar-refractivity contribution in [1.29, 1.82) is 0 Å². The van der Waals surface area contributed by atoms with E-state index in [2.05, 4.69) is 43.3 Å². The molecule has 0 N–H and O–H groups in total. The molecular formula is C15H17BrN4O2. The first-order valence-corrected chi connectivity index (χ1v) is 7.80. The van der Waals surface area contributed by atoms with Crippen molar-refractivity contribution in [3.63, 3.8) is 0 Å². The molecule has 7 heteroatoms. The molecule has 1 unspecified atom stereocenters. The zero-order chi connectivity index (χ0) is 15.7. The third-order valence-corrected chi connectivity index (χ3v) is 4.54. The van der Waals surface area contributed by atoms with Crippen LogP contribution in [0.25, 0.3) is 0 Å². The number of rotatable bonds is 3. The fourth-order valence-corrected chi connectivity index (χ4v) is 3.21. The minimum atomic E-state index is -0.284. The van der Waals surface area contributed by atoms with E-state index in [0.717, 1.165) is 10.2 Å². The average Bonchev–Trinajstić information content (AvgIpc) is 2.91. The van der Waals surface area contributed by atoms with Gasteiger partial charge in [-0.05, 0) is 29.7 Å². The Kier molecular flexibility index (Phi) is 4.26. The number of carbonyl (C=O) groups excluding carboxylic acids is 1. The molecule has 6 nitrogen and oxygen atoms in total. The number of aromatic nitrogens is 3. The Morgan fingerprint density at radius 2 is 2.27 bits per heavy atom. The summed E-state index contributed by atoms with van der Waals surface area (Å²) in [7, 11) is 3.28. The fraction of sp³-hybridized carbons (Fsp3) is 0.400. The summed E-state index contributed by atoms with van der Waals surface area (Å²) in [4.78, 5) is 14.3. The van der Waals surface area contributed by atoms with Crippen LogP contribution in [0.5, 0.6) is 0 Å². The first-order valence-electron chi connectivity index (χ1n) is 7.01. The number of ether oxygens (including phenoxy) is 1. The number of hydrogen-bond acceptors (Lipinski definition) is 5. The summed E-state index contributed by atoms with van der Waals surface area (Å²) >= 11 is 3.51. The van der Waals surface area contributed by atoms with Gasteiger partial charge in [0.1, 0.15) is 6.04 Å². The number of esters is 1. The van der Waals surface area contributed by atoms with Crippen LogP contribution in [0.4, 0.5) is 0 Å². The maximum absolute atomic E-state index is 12.2. The Hall–Kier alpha value is -1.73. The summed E-state index contributed by atoms with van der Waals surface area (Å²) in [6.07, 6.45) is 2.38. The van der Waals surface area contributed by atoms with Gasteiger partial charge < -0.3 is 4.74 Å². The van der Waals surface area contributed by atoms with Crippen LogP contribution in [0.2, 0.25) is 0 Å². The molecule has 22 heavy (non-hydrogen) atoms. The maximum Gasteiger partial charge on any atom is 0.323 e. The Morgan fingerprint density at radius 3 is 2.95 bits per heavy atom. The van der Waals surface area contributed by atoms with Gasteiger partial charge in [-0.2, -0.15) is 0 Å². The van der Waals surface area contributed by atoms with Crippen LogP contribution in [0.15, 0.2) is 28.9 Å². The summed E-state index contributed by atoms with van der Waals surface area (Å²) in [5.41, 5.74) is 3.38. The lowest BCUT2D eigenvalue weighted by atomic mass is 9.94. The predicted molar refractivity (Wildman–Crippen MR) is 83.9 cm³/mol. The summed E-state index contributed by atoms with van der Waals surface area (Å²) in [6.45, 7) is 1.30. The molecule has 0 radical (unpaired) electrons. The van der Waals surface area contributed by atoms with Crippen molar-refractivity contribution in [2.45, 2.75) is 25.6 Å². The van der Waals surface area contributed by atoms with Gasteiger partial charge in [-0.15, -0.1) is 5.10 Å². The minimum Gasteiger partial charge on any atom is -0.468 e. The molecule has 0 bridgehead atoms. The highest BCUT2D eigenvalue weighted by Gasteiger charge is 2.32. The van der Waals surface area contributed by atoms with Crippen LogP contribution in [0.3, 0.4) is 0 Å². The van der Waals surface area contributed by atoms with E-state index in [1.807, 2.05) is 13.1 Å². The van der Waals surface area contributed by atoms with E-state index in [1.54, 1.807) is 10.9 Å². The SMILES string of the molecule is COC(=O)C1Cc2ccc(Br)cc2CN1Cc1cnnn1C. The lowest BCUT2D eigenvalue weighted by Crippen LogP contribution is -2.45. The number of aryl methyl sites for hydroxylation is 1. The van der Waals surface area contributed by atoms with Gasteiger partial charge in [0.05, 0.1) is 19.0 Å². The molecule has 0 saturated heterocycles. The largest absolute Gasteiger partial charge is 0.468 e. The van der Waals surface area contributed by atoms with E-state index in [0.29, 0.717) is 19.5 Å². The first-order chi connectivity index (χ1) is 10.6. The highest BCUT2D eigenvalue weighted by molar-refractivity contribution is 9.10. The standard InChI is InChI=1S/C15H17BrN4O2/c1-19-13(7-17-18-19)9-20-8-11-5-12(16)4-3-10(11)6-14(20)15(21)22-2/h3-5,7,14H,6,8-9H2,1-2H3. The lowest BCUT2D eigenvalue weighted by molar-refractivity contribution is -0.148. The molecule has 0 spiro atoms. The van der Waals surface area contributed by atoms with Crippen molar-refractivity contribution in [2.24, 2.45) is 7.05 Å². The molecule has 0 amide bonds. The van der Waals surface area contributed by atoms with Gasteiger partial charge in [0.2, 0.25) is 0 Å². The number of nitrogens with zero attached hydrogens (tertiary/aromatic N) is 4. The topological polar surface area (TPSA) is 60.2 Å². The molecule has 0 fully saturated rings. The van der Waals surface area contributed by atoms with Crippen LogP contribution in [-0.2, 0) is 36.1 Å². The van der Waals surface area contributed by atoms with E-state index in [-0.39, 0.29) is 12.0 Å². The second-order valence-corrected chi connectivity index (χ2v) is 6.33. The Bertz CT molecular complexity index is 701. The quantitative estimate of drug-likeness (QED) is 0.775. The Morgan fingerprint density at radius 1 is 1.45 bits per heavy atom. The highest BCUT2D eigenvalue weighted by atomic mass is 79.9. The summed E-state index contributed by atoms with van der Waals surface area (Å²) < 4.78 is 7.75. The predicted octanol–water partition coefficient (Wildman–Crippen LogP) is 1.68. The molecule has 2 aromatic rings. The Labute approximate surface area is 137 Å². The molecule has 1 aromatic heterocycles. The molecule has 0 aliphatic carbocycles. The summed E-state index contributed by atoms with van der Waals surface area (Å²) in [5, 5.41) is 7.85. The van der Waals surface area contributed by atoms with Crippen molar-refractivity contribution in [2.75, 3.05) is 7.11 Å². The number of methoxy groups -OCH3 is 1. The van der Waals surface area contributed by atoms with Crippen molar-refractivity contribution >= 4 is 21.9 Å². The van der Waals surface area contributed by atoms with Gasteiger partial charge in [-0.3, -0.25) is 14.4 Å². The van der Waals surface area contributed by atoms with E-state index in [1.165, 1.54) is 18.2 Å². The van der Waals surface area contributed by atoms with Crippen LogP contribution < -0.4 is 0 Å². The van der Waals surface area contributed by atoms with E-state index < -0.39 is 0 Å². The van der Waals surface area contributed by atoms with Crippen LogP contribution in [-0.4, -0.2) is 39.0 Å². The molecule has 1 aliphatic rings. The van der Waals surface area contributed by atoms with Crippen molar-refractivity contribution in [3.8, 4) is 0 Å². The molecule has 116 valence electrons. The second-order valence-electron chi connectivity index (χ2n) is 5.41. The van der Waals surface area contributed by atoms with Gasteiger partial charge in [-0.25, -0.2) is 0 Å². The zero-order valence-electron chi connectivity index (χ0n) is 12.5. The highest BCUT2D eigenvalue weighted by Crippen LogP contribution is 2.27. The summed E-state index contributed by atoms with van der Waals surface area (Å²) in [6, 6.07) is 5.90. The van der Waals surface area contributed by atoms with Gasteiger partial charge in [0.25, 0.3) is 0 Å². The normalized spacial score (nSPS) is 18.0. The average molecular weight is 365 g/mol. The monoisotopic (exact) mass is 364 g/mol. The van der Waals surface area contributed by atoms with Gasteiger partial charge in [-0.1, -0.05) is 27.2 Å². The number of fused-ring (bicyclic) bond motifs is 1. The molecular weight excluding hydrogens is 348 g/mol. The molecule has 3 rings (SSSR count). The Balaban J connectivity index is 1.91. The first kappa shape index (κ1) is 15.2. The molecule has 0 saturated carbocycles. The van der Waals surface area contributed by atoms with Crippen molar-refractivity contribution in [3.05, 3.63) is 45.7 Å². The third-order valence-electron chi connectivity index (χ3n) is 4.04. The summed E-state index contributed by atoms with van der Waals surface area (Å²) in [5.74, 6) is -0.205. The lowest BCUT2D eigenvalue weighted by Gasteiger charge is -2.35. The molecule has 2 heterocycles. The van der Waals surface area contributed by atoms with E-state index in [4.69, 9.17) is 4.74 Å². The second kappa shape index (κ2) is 6.18. The van der Waals surface area contributed by atoms with E-state index >= 15 is 0 Å². The number of hydrogen-bond donors (Lipinski definition) is 0. The van der Waals surface area contributed by atoms with Crippen molar-refractivity contribution in [1.82, 2.24) is 19.9 Å². The number of carbonyl (C=O) groups is 1. The van der Waals surface area contributed by atoms with Crippen LogP contribution >= 0.6 is 15.9 Å². The fourth-order valence-electron chi connectivity index (χ4n) is 2.80. The maximum atomic E-state index is 12.2. The number of benzene rings is 1. The molecule has 1 aliphatic heterocycles. The van der Waals surface area contributed by atoms with E-state index in [9.17, 15) is 4.79 Å². The minimum absolute atomic E-state index is 0.205. The van der Waals surface area contributed by atoms with Crippen LogP contribution in [0.1, 0.15) is 16.8 Å². The number of halogens is 1. The zero-order valence-corrected chi connectivity index (χ0v) is 14.1. The van der Waals surface area contributed by atoms with Gasteiger partial charge >= 0.3 is 5.97 Å². The van der Waals surface area contributed by atoms with Gasteiger partial charge in [0.15, 0.2) is 0 Å². The molecule has 1 aromatic carbocycles. The smallest absolute Gasteiger partial charge is 0.323 e.